The fraction of sp³-hybridized carbons (Fsp3) is 0.387. The summed E-state index contributed by atoms with van der Waals surface area (Å²) in [6, 6.07) is 1.74. The highest BCUT2D eigenvalue weighted by Gasteiger charge is 2.49. The molecule has 0 unspecified atom stereocenters. The standard InChI is InChI=1S/C31H29ClF5N9O2/c1-13-6-19-18(10-40-45-19)20(22(13)31(35,36)37)24-23(34)25-21(28(47)42-24)27(41-14(2)17-7-15(32)9-39-26(17)38)44-29(43-25)48-12-30-4-3-5-46(30)11-16(33)8-30/h6-7,9-10,14,16H,3-5,8,11-12H2,1-2H3,(H2,38,39)(H,40,45)(H,42,47)(H,41,43,44)/t14-,16-,30+/m1/s1. The number of nitrogen functional groups attached to an aromatic ring is 1. The van der Waals surface area contributed by atoms with Crippen molar-refractivity contribution in [3.63, 3.8) is 0 Å². The van der Waals surface area contributed by atoms with E-state index < -0.39 is 57.6 Å². The van der Waals surface area contributed by atoms with Crippen LogP contribution < -0.4 is 21.3 Å². The van der Waals surface area contributed by atoms with Gasteiger partial charge in [0.2, 0.25) is 0 Å². The van der Waals surface area contributed by atoms with E-state index in [1.54, 1.807) is 13.0 Å². The number of aromatic nitrogens is 6. The van der Waals surface area contributed by atoms with Crippen LogP contribution in [0.5, 0.6) is 6.01 Å². The molecule has 5 N–H and O–H groups in total. The molecular weight excluding hydrogens is 661 g/mol. The Morgan fingerprint density at radius 1 is 1.27 bits per heavy atom. The van der Waals surface area contributed by atoms with Crippen molar-refractivity contribution in [2.24, 2.45) is 0 Å². The molecule has 17 heteroatoms. The molecule has 0 saturated carbocycles. The van der Waals surface area contributed by atoms with Crippen LogP contribution in [0, 0.1) is 12.7 Å². The van der Waals surface area contributed by atoms with Gasteiger partial charge in [0.05, 0.1) is 39.6 Å². The van der Waals surface area contributed by atoms with Gasteiger partial charge in [0.1, 0.15) is 35.3 Å². The van der Waals surface area contributed by atoms with Gasteiger partial charge < -0.3 is 20.8 Å². The average molecular weight is 690 g/mol. The van der Waals surface area contributed by atoms with Crippen LogP contribution in [0.3, 0.4) is 0 Å². The normalized spacial score (nSPS) is 20.5. The van der Waals surface area contributed by atoms with Gasteiger partial charge in [0, 0.05) is 35.7 Å². The van der Waals surface area contributed by atoms with E-state index in [4.69, 9.17) is 22.1 Å². The Morgan fingerprint density at radius 3 is 2.83 bits per heavy atom. The minimum Gasteiger partial charge on any atom is -0.461 e. The first-order valence-electron chi connectivity index (χ1n) is 15.1. The van der Waals surface area contributed by atoms with Gasteiger partial charge in [0.25, 0.3) is 5.56 Å². The van der Waals surface area contributed by atoms with Crippen molar-refractivity contribution in [2.45, 2.75) is 57.0 Å². The van der Waals surface area contributed by atoms with Crippen LogP contribution in [0.25, 0.3) is 33.1 Å². The number of aryl methyl sites for hydroxylation is 1. The number of hydrogen-bond acceptors (Lipinski definition) is 9. The summed E-state index contributed by atoms with van der Waals surface area (Å²) in [5.41, 5.74) is 1.83. The zero-order valence-electron chi connectivity index (χ0n) is 25.6. The van der Waals surface area contributed by atoms with Crippen LogP contribution in [0.2, 0.25) is 5.02 Å². The van der Waals surface area contributed by atoms with Gasteiger partial charge in [-0.25, -0.2) is 13.8 Å². The highest BCUT2D eigenvalue weighted by atomic mass is 35.5. The maximum Gasteiger partial charge on any atom is 0.417 e. The molecule has 0 bridgehead atoms. The van der Waals surface area contributed by atoms with Crippen LogP contribution in [0.1, 0.15) is 48.9 Å². The lowest BCUT2D eigenvalue weighted by Crippen LogP contribution is -2.43. The fourth-order valence-corrected chi connectivity index (χ4v) is 7.26. The zero-order valence-corrected chi connectivity index (χ0v) is 26.4. The van der Waals surface area contributed by atoms with Crippen molar-refractivity contribution in [1.82, 2.24) is 35.0 Å². The summed E-state index contributed by atoms with van der Waals surface area (Å²) in [7, 11) is 0. The van der Waals surface area contributed by atoms with Gasteiger partial charge in [-0.2, -0.15) is 28.2 Å². The highest BCUT2D eigenvalue weighted by Crippen LogP contribution is 2.44. The van der Waals surface area contributed by atoms with Crippen molar-refractivity contribution in [2.75, 3.05) is 30.7 Å². The lowest BCUT2D eigenvalue weighted by molar-refractivity contribution is -0.137. The lowest BCUT2D eigenvalue weighted by atomic mass is 9.94. The summed E-state index contributed by atoms with van der Waals surface area (Å²) in [6.45, 7) is 3.83. The minimum absolute atomic E-state index is 0.0253. The maximum atomic E-state index is 16.8. The third-order valence-corrected chi connectivity index (χ3v) is 9.43. The molecular formula is C31H29ClF5N9O2. The summed E-state index contributed by atoms with van der Waals surface area (Å²) < 4.78 is 80.7. The number of hydrogen-bond donors (Lipinski definition) is 4. The number of ether oxygens (including phenoxy) is 1. The molecule has 2 aliphatic heterocycles. The van der Waals surface area contributed by atoms with Gasteiger partial charge in [-0.3, -0.25) is 14.8 Å². The minimum atomic E-state index is -4.92. The van der Waals surface area contributed by atoms with Crippen LogP contribution in [0.15, 0.2) is 29.3 Å². The molecule has 2 saturated heterocycles. The molecule has 4 aromatic heterocycles. The summed E-state index contributed by atoms with van der Waals surface area (Å²) >= 11 is 6.14. The first-order chi connectivity index (χ1) is 22.8. The fourth-order valence-electron chi connectivity index (χ4n) is 7.10. The second-order valence-corrected chi connectivity index (χ2v) is 12.8. The van der Waals surface area contributed by atoms with E-state index >= 15 is 4.39 Å². The molecule has 0 aliphatic carbocycles. The average Bonchev–Trinajstić information content (AvgIpc) is 3.71. The molecule has 3 atom stereocenters. The third kappa shape index (κ3) is 5.36. The first kappa shape index (κ1) is 32.0. The van der Waals surface area contributed by atoms with E-state index in [0.717, 1.165) is 12.6 Å². The van der Waals surface area contributed by atoms with Crippen LogP contribution >= 0.6 is 11.6 Å². The Morgan fingerprint density at radius 2 is 2.06 bits per heavy atom. The van der Waals surface area contributed by atoms with Crippen molar-refractivity contribution in [3.8, 4) is 17.3 Å². The Hall–Kier alpha value is -4.57. The number of anilines is 2. The number of rotatable bonds is 7. The molecule has 7 rings (SSSR count). The Bertz CT molecular complexity index is 2140. The maximum absolute atomic E-state index is 16.8. The van der Waals surface area contributed by atoms with Gasteiger partial charge in [-0.1, -0.05) is 11.6 Å². The topological polar surface area (TPSA) is 151 Å². The molecule has 1 aromatic carbocycles. The SMILES string of the molecule is Cc1cc2[nH]ncc2c(-c2[nH]c(=O)c3c(N[C@H](C)c4cc(Cl)cnc4N)nc(OC[C@@]45CCCN4C[C@H](F)C5)nc3c2F)c1C(F)(F)F. The summed E-state index contributed by atoms with van der Waals surface area (Å²) in [5, 5.41) is 9.32. The molecule has 5 aromatic rings. The molecule has 0 amide bonds. The number of H-pyrrole nitrogens is 2. The Balaban J connectivity index is 1.41. The largest absolute Gasteiger partial charge is 0.461 e. The van der Waals surface area contributed by atoms with E-state index in [2.05, 4.69) is 35.5 Å². The van der Waals surface area contributed by atoms with E-state index in [9.17, 15) is 22.4 Å². The number of nitrogens with one attached hydrogen (secondary N) is 3. The molecule has 0 spiro atoms. The predicted octanol–water partition coefficient (Wildman–Crippen LogP) is 6.09. The quantitative estimate of drug-likeness (QED) is 0.149. The zero-order chi connectivity index (χ0) is 34.1. The first-order valence-corrected chi connectivity index (χ1v) is 15.5. The molecule has 2 aliphatic rings. The number of pyridine rings is 2. The number of nitrogens with two attached hydrogens (primary N) is 1. The Labute approximate surface area is 274 Å². The van der Waals surface area contributed by atoms with Crippen LogP contribution in [-0.4, -0.2) is 66.4 Å². The van der Waals surface area contributed by atoms with Crippen molar-refractivity contribution in [3.05, 3.63) is 62.4 Å². The molecule has 11 nitrogen and oxygen atoms in total. The van der Waals surface area contributed by atoms with Gasteiger partial charge >= 0.3 is 12.2 Å². The predicted molar refractivity (Wildman–Crippen MR) is 169 cm³/mol. The Kier molecular flexibility index (Phi) is 7.70. The lowest BCUT2D eigenvalue weighted by Gasteiger charge is -2.30. The third-order valence-electron chi connectivity index (χ3n) is 9.23. The highest BCUT2D eigenvalue weighted by molar-refractivity contribution is 6.30. The smallest absolute Gasteiger partial charge is 0.417 e. The van der Waals surface area contributed by atoms with E-state index in [0.29, 0.717) is 18.5 Å². The molecule has 0 radical (unpaired) electrons. The number of alkyl halides is 4. The number of nitrogens with zero attached hydrogens (tertiary/aromatic N) is 5. The van der Waals surface area contributed by atoms with Crippen molar-refractivity contribution >= 4 is 45.0 Å². The number of benzene rings is 1. The van der Waals surface area contributed by atoms with E-state index in [1.165, 1.54) is 19.2 Å². The van der Waals surface area contributed by atoms with Crippen molar-refractivity contribution in [1.29, 1.82) is 0 Å². The van der Waals surface area contributed by atoms with Crippen molar-refractivity contribution < 1.29 is 26.7 Å². The van der Waals surface area contributed by atoms with Gasteiger partial charge in [0.15, 0.2) is 5.82 Å². The molecule has 252 valence electrons. The van der Waals surface area contributed by atoms with Crippen LogP contribution in [-0.2, 0) is 6.18 Å². The summed E-state index contributed by atoms with van der Waals surface area (Å²) in [5.74, 6) is -1.30. The van der Waals surface area contributed by atoms with E-state index in [-0.39, 0.29) is 64.1 Å². The molecule has 48 heavy (non-hydrogen) atoms. The van der Waals surface area contributed by atoms with Gasteiger partial charge in [-0.05, 0) is 50.9 Å². The number of halogens is 6. The monoisotopic (exact) mass is 689 g/mol. The second kappa shape index (κ2) is 11.5. The molecule has 6 heterocycles. The van der Waals surface area contributed by atoms with E-state index in [1.807, 2.05) is 4.90 Å². The second-order valence-electron chi connectivity index (χ2n) is 12.4. The van der Waals surface area contributed by atoms with Crippen LogP contribution in [0.4, 0.5) is 33.6 Å². The number of aromatic amines is 2. The van der Waals surface area contributed by atoms with Gasteiger partial charge in [-0.15, -0.1) is 0 Å². The number of fused-ring (bicyclic) bond motifs is 3. The summed E-state index contributed by atoms with van der Waals surface area (Å²) in [4.78, 5) is 30.8. The molecule has 2 fully saturated rings. The summed E-state index contributed by atoms with van der Waals surface area (Å²) in [6.07, 6.45) is -1.75.